The summed E-state index contributed by atoms with van der Waals surface area (Å²) in [6.07, 6.45) is 0. The van der Waals surface area contributed by atoms with Crippen LogP contribution in [0.5, 0.6) is 0 Å². The van der Waals surface area contributed by atoms with Gasteiger partial charge in [-0.1, -0.05) is 152 Å². The zero-order valence-electron chi connectivity index (χ0n) is 32.1. The molecule has 2 aromatic heterocycles. The van der Waals surface area contributed by atoms with Crippen molar-refractivity contribution in [3.63, 3.8) is 0 Å². The summed E-state index contributed by atoms with van der Waals surface area (Å²) < 4.78 is 8.83. The molecule has 10 aromatic carbocycles. The lowest BCUT2D eigenvalue weighted by atomic mass is 9.93. The van der Waals surface area contributed by atoms with Crippen molar-refractivity contribution >= 4 is 82.4 Å². The molecule has 276 valence electrons. The van der Waals surface area contributed by atoms with Gasteiger partial charge in [-0.15, -0.1) is 0 Å². The van der Waals surface area contributed by atoms with Crippen LogP contribution in [0.25, 0.3) is 93.2 Å². The summed E-state index contributed by atoms with van der Waals surface area (Å²) >= 11 is 0. The second-order valence-electron chi connectivity index (χ2n) is 15.3. The van der Waals surface area contributed by atoms with Gasteiger partial charge in [0.15, 0.2) is 0 Å². The Morgan fingerprint density at radius 1 is 0.356 bits per heavy atom. The molecule has 3 nitrogen and oxygen atoms in total. The molecule has 0 bridgehead atoms. The summed E-state index contributed by atoms with van der Waals surface area (Å²) in [6, 6.07) is 78.7. The molecule has 59 heavy (non-hydrogen) atoms. The number of nitrogens with zero attached hydrogens (tertiary/aromatic N) is 2. The highest BCUT2D eigenvalue weighted by molar-refractivity contribution is 6.15. The molecule has 2 heterocycles. The van der Waals surface area contributed by atoms with Crippen molar-refractivity contribution in [3.8, 4) is 27.9 Å². The molecule has 0 aliphatic rings. The Morgan fingerprint density at radius 2 is 0.881 bits per heavy atom. The van der Waals surface area contributed by atoms with Gasteiger partial charge in [-0.2, -0.15) is 0 Å². The normalized spacial score (nSPS) is 11.7. The van der Waals surface area contributed by atoms with Gasteiger partial charge >= 0.3 is 0 Å². The monoisotopic (exact) mass is 752 g/mol. The highest BCUT2D eigenvalue weighted by atomic mass is 16.3. The molecule has 0 unspecified atom stereocenters. The van der Waals surface area contributed by atoms with Gasteiger partial charge in [-0.05, 0) is 105 Å². The van der Waals surface area contributed by atoms with Crippen LogP contribution in [0, 0.1) is 0 Å². The first-order valence-corrected chi connectivity index (χ1v) is 20.2. The number of hydrogen-bond donors (Lipinski definition) is 0. The fourth-order valence-corrected chi connectivity index (χ4v) is 9.34. The Hall–Kier alpha value is -7.88. The zero-order chi connectivity index (χ0) is 38.9. The van der Waals surface area contributed by atoms with Crippen LogP contribution in [-0.4, -0.2) is 4.57 Å². The fraction of sp³-hybridized carbons (Fsp3) is 0. The highest BCUT2D eigenvalue weighted by Crippen LogP contribution is 2.45. The van der Waals surface area contributed by atoms with E-state index in [1.807, 2.05) is 6.07 Å². The van der Waals surface area contributed by atoms with Crippen molar-refractivity contribution in [2.45, 2.75) is 0 Å². The number of rotatable bonds is 6. The van der Waals surface area contributed by atoms with Crippen LogP contribution < -0.4 is 4.90 Å². The maximum Gasteiger partial charge on any atom is 0.137 e. The maximum absolute atomic E-state index is 6.43. The van der Waals surface area contributed by atoms with Gasteiger partial charge in [-0.3, -0.25) is 0 Å². The fourth-order valence-electron chi connectivity index (χ4n) is 9.34. The number of anilines is 3. The number of hydrogen-bond acceptors (Lipinski definition) is 2. The van der Waals surface area contributed by atoms with Crippen LogP contribution in [0.3, 0.4) is 0 Å². The number of furan rings is 1. The first-order chi connectivity index (χ1) is 29.3. The van der Waals surface area contributed by atoms with Crippen molar-refractivity contribution < 1.29 is 4.42 Å². The second-order valence-corrected chi connectivity index (χ2v) is 15.3. The molecule has 0 aliphatic carbocycles. The van der Waals surface area contributed by atoms with E-state index < -0.39 is 0 Å². The quantitative estimate of drug-likeness (QED) is 0.158. The third-order valence-electron chi connectivity index (χ3n) is 12.0. The smallest absolute Gasteiger partial charge is 0.137 e. The van der Waals surface area contributed by atoms with Gasteiger partial charge in [-0.25, -0.2) is 0 Å². The highest BCUT2D eigenvalue weighted by Gasteiger charge is 2.21. The minimum absolute atomic E-state index is 0.865. The zero-order valence-corrected chi connectivity index (χ0v) is 32.1. The molecule has 3 heteroatoms. The van der Waals surface area contributed by atoms with E-state index in [0.717, 1.165) is 50.3 Å². The molecule has 0 atom stereocenters. The van der Waals surface area contributed by atoms with Crippen LogP contribution in [-0.2, 0) is 0 Å². The summed E-state index contributed by atoms with van der Waals surface area (Å²) in [5, 5.41) is 9.73. The Balaban J connectivity index is 1.01. The predicted octanol–water partition coefficient (Wildman–Crippen LogP) is 15.8. The van der Waals surface area contributed by atoms with Crippen molar-refractivity contribution in [1.82, 2.24) is 4.57 Å². The standard InChI is InChI=1S/C56H36N2O/c1-2-15-42-39(14-1)36-49(45-18-4-3-17-44(42)45)38-30-34-41(35-31-38)57(53-25-13-27-55-56(53)48-21-8-12-26-54(48)59-55)40-32-28-37(29-33-40)43-16-5-9-22-50(43)58-51-23-10-6-19-46(51)47-20-7-11-24-52(47)58/h1-36H. The van der Waals surface area contributed by atoms with E-state index in [9.17, 15) is 0 Å². The molecule has 12 aromatic rings. The molecule has 0 spiro atoms. The molecule has 0 saturated heterocycles. The molecule has 0 N–H and O–H groups in total. The Kier molecular flexibility index (Phi) is 7.54. The molecule has 0 aliphatic heterocycles. The minimum Gasteiger partial charge on any atom is -0.456 e. The van der Waals surface area contributed by atoms with E-state index in [0.29, 0.717) is 0 Å². The van der Waals surface area contributed by atoms with Crippen LogP contribution in [0.1, 0.15) is 0 Å². The first-order valence-electron chi connectivity index (χ1n) is 20.2. The maximum atomic E-state index is 6.43. The van der Waals surface area contributed by atoms with Gasteiger partial charge < -0.3 is 13.9 Å². The number of para-hydroxylation sites is 4. The van der Waals surface area contributed by atoms with Gasteiger partial charge in [0.05, 0.1) is 27.8 Å². The largest absolute Gasteiger partial charge is 0.456 e. The van der Waals surface area contributed by atoms with Crippen molar-refractivity contribution in [2.24, 2.45) is 0 Å². The number of fused-ring (bicyclic) bond motifs is 9. The SMILES string of the molecule is c1ccc(-n2c3ccccc3c3ccccc32)c(-c2ccc(N(c3ccc(-c4cc5ccccc5c5ccccc45)cc3)c3cccc4oc5ccccc5c34)cc2)c1. The molecule has 0 saturated carbocycles. The van der Waals surface area contributed by atoms with Gasteiger partial charge in [0, 0.05) is 33.1 Å². The first kappa shape index (κ1) is 33.3. The molecule has 0 radical (unpaired) electrons. The van der Waals surface area contributed by atoms with Crippen molar-refractivity contribution in [2.75, 3.05) is 4.90 Å². The van der Waals surface area contributed by atoms with Crippen LogP contribution >= 0.6 is 0 Å². The molecule has 12 rings (SSSR count). The van der Waals surface area contributed by atoms with E-state index >= 15 is 0 Å². The summed E-state index contributed by atoms with van der Waals surface area (Å²) in [6.45, 7) is 0. The summed E-state index contributed by atoms with van der Waals surface area (Å²) in [7, 11) is 0. The average molecular weight is 753 g/mol. The lowest BCUT2D eigenvalue weighted by molar-refractivity contribution is 0.669. The minimum atomic E-state index is 0.865. The van der Waals surface area contributed by atoms with E-state index in [4.69, 9.17) is 4.42 Å². The number of aromatic nitrogens is 1. The van der Waals surface area contributed by atoms with Gasteiger partial charge in [0.25, 0.3) is 0 Å². The van der Waals surface area contributed by atoms with Crippen LogP contribution in [0.4, 0.5) is 17.1 Å². The van der Waals surface area contributed by atoms with E-state index in [-0.39, 0.29) is 0 Å². The summed E-state index contributed by atoms with van der Waals surface area (Å²) in [5.74, 6) is 0. The topological polar surface area (TPSA) is 21.3 Å². The molecular formula is C56H36N2O. The van der Waals surface area contributed by atoms with E-state index in [2.05, 4.69) is 222 Å². The van der Waals surface area contributed by atoms with Crippen molar-refractivity contribution in [1.29, 1.82) is 0 Å². The Morgan fingerprint density at radius 3 is 1.59 bits per heavy atom. The molecular weight excluding hydrogens is 717 g/mol. The third kappa shape index (κ3) is 5.29. The van der Waals surface area contributed by atoms with E-state index in [1.54, 1.807) is 0 Å². The second kappa shape index (κ2) is 13.4. The predicted molar refractivity (Wildman–Crippen MR) is 249 cm³/mol. The van der Waals surface area contributed by atoms with Crippen LogP contribution in [0.2, 0.25) is 0 Å². The lowest BCUT2D eigenvalue weighted by Gasteiger charge is -2.27. The third-order valence-corrected chi connectivity index (χ3v) is 12.0. The Labute approximate surface area is 341 Å². The van der Waals surface area contributed by atoms with Crippen LogP contribution in [0.15, 0.2) is 223 Å². The van der Waals surface area contributed by atoms with E-state index in [1.165, 1.54) is 60.0 Å². The summed E-state index contributed by atoms with van der Waals surface area (Å²) in [4.78, 5) is 2.37. The van der Waals surface area contributed by atoms with Gasteiger partial charge in [0.2, 0.25) is 0 Å². The van der Waals surface area contributed by atoms with Gasteiger partial charge in [0.1, 0.15) is 11.2 Å². The molecule has 0 fully saturated rings. The van der Waals surface area contributed by atoms with Crippen molar-refractivity contribution in [3.05, 3.63) is 218 Å². The molecule has 0 amide bonds. The Bertz CT molecular complexity index is 3500. The lowest BCUT2D eigenvalue weighted by Crippen LogP contribution is -2.10. The average Bonchev–Trinajstić information content (AvgIpc) is 3.86. The number of benzene rings is 10. The summed E-state index contributed by atoms with van der Waals surface area (Å²) in [5.41, 5.74) is 13.2.